The summed E-state index contributed by atoms with van der Waals surface area (Å²) in [5.74, 6) is 5.66. The van der Waals surface area contributed by atoms with Crippen LogP contribution in [0.3, 0.4) is 0 Å². The van der Waals surface area contributed by atoms with Crippen molar-refractivity contribution in [3.8, 4) is 0 Å². The summed E-state index contributed by atoms with van der Waals surface area (Å²) in [7, 11) is 0. The van der Waals surface area contributed by atoms with Crippen LogP contribution in [0, 0.1) is 13.8 Å². The lowest BCUT2D eigenvalue weighted by molar-refractivity contribution is -0.155. The van der Waals surface area contributed by atoms with Gasteiger partial charge in [-0.2, -0.15) is 0 Å². The first-order valence-corrected chi connectivity index (χ1v) is 6.39. The number of benzene rings is 1. The Morgan fingerprint density at radius 1 is 1.06 bits per heavy atom. The first-order chi connectivity index (χ1) is 8.62. The van der Waals surface area contributed by atoms with E-state index >= 15 is 0 Å². The Morgan fingerprint density at radius 3 is 1.94 bits per heavy atom. The molecule has 0 aliphatic heterocycles. The van der Waals surface area contributed by atoms with Crippen LogP contribution in [0.25, 0.3) is 0 Å². The summed E-state index contributed by atoms with van der Waals surface area (Å²) in [5.41, 5.74) is 6.29. The Morgan fingerprint density at radius 2 is 1.56 bits per heavy atom. The highest BCUT2D eigenvalue weighted by Crippen LogP contribution is 2.22. The van der Waals surface area contributed by atoms with Gasteiger partial charge in [-0.05, 0) is 33.3 Å². The topological polar surface area (TPSA) is 56.5 Å². The maximum Gasteiger partial charge on any atom is 0.178 e. The number of hydrogen-bond donors (Lipinski definition) is 2. The van der Waals surface area contributed by atoms with Crippen LogP contribution < -0.4 is 11.3 Å². The minimum Gasteiger partial charge on any atom is -0.351 e. The lowest BCUT2D eigenvalue weighted by atomic mass is 10.0. The summed E-state index contributed by atoms with van der Waals surface area (Å²) in [6.07, 6.45) is -0.369. The average molecular weight is 252 g/mol. The summed E-state index contributed by atoms with van der Waals surface area (Å²) in [6, 6.07) is 6.17. The second-order valence-corrected chi connectivity index (χ2v) is 4.34. The van der Waals surface area contributed by atoms with E-state index in [1.165, 1.54) is 11.1 Å². The highest BCUT2D eigenvalue weighted by Gasteiger charge is 2.23. The Kier molecular flexibility index (Phi) is 6.29. The molecule has 1 rings (SSSR count). The van der Waals surface area contributed by atoms with Gasteiger partial charge in [0.15, 0.2) is 6.29 Å². The van der Waals surface area contributed by atoms with Crippen molar-refractivity contribution in [2.24, 2.45) is 5.84 Å². The van der Waals surface area contributed by atoms with Crippen LogP contribution in [0.5, 0.6) is 0 Å². The fraction of sp³-hybridized carbons (Fsp3) is 0.571. The number of aryl methyl sites for hydroxylation is 2. The second-order valence-electron chi connectivity index (χ2n) is 4.34. The number of nitrogens with one attached hydrogen (secondary N) is 1. The molecule has 4 heteroatoms. The van der Waals surface area contributed by atoms with Crippen LogP contribution in [-0.4, -0.2) is 19.5 Å². The highest BCUT2D eigenvalue weighted by molar-refractivity contribution is 5.31. The lowest BCUT2D eigenvalue weighted by Crippen LogP contribution is -2.39. The molecule has 1 atom stereocenters. The van der Waals surface area contributed by atoms with Crippen LogP contribution in [0.1, 0.15) is 36.6 Å². The molecule has 0 heterocycles. The number of hydrogen-bond acceptors (Lipinski definition) is 4. The summed E-state index contributed by atoms with van der Waals surface area (Å²) in [4.78, 5) is 0. The Labute approximate surface area is 109 Å². The number of nitrogens with two attached hydrogens (primary N) is 1. The minimum absolute atomic E-state index is 0.163. The molecule has 0 fully saturated rings. The third-order valence-electron chi connectivity index (χ3n) is 2.72. The molecular weight excluding hydrogens is 228 g/mol. The summed E-state index contributed by atoms with van der Waals surface area (Å²) in [6.45, 7) is 9.21. The van der Waals surface area contributed by atoms with Crippen molar-refractivity contribution in [1.82, 2.24) is 5.43 Å². The van der Waals surface area contributed by atoms with Gasteiger partial charge in [0.25, 0.3) is 0 Å². The molecule has 0 radical (unpaired) electrons. The van der Waals surface area contributed by atoms with Gasteiger partial charge in [-0.25, -0.2) is 5.43 Å². The van der Waals surface area contributed by atoms with E-state index in [0.717, 1.165) is 5.56 Å². The Balaban J connectivity index is 2.97. The van der Waals surface area contributed by atoms with Crippen LogP contribution in [0.4, 0.5) is 0 Å². The van der Waals surface area contributed by atoms with Crippen LogP contribution in [-0.2, 0) is 9.47 Å². The Hall–Kier alpha value is -0.940. The highest BCUT2D eigenvalue weighted by atomic mass is 16.7. The predicted octanol–water partition coefficient (Wildman–Crippen LogP) is 2.21. The summed E-state index contributed by atoms with van der Waals surface area (Å²) >= 11 is 0. The van der Waals surface area contributed by atoms with Gasteiger partial charge in [0.05, 0.1) is 6.04 Å². The van der Waals surface area contributed by atoms with Gasteiger partial charge in [-0.15, -0.1) is 0 Å². The van der Waals surface area contributed by atoms with Gasteiger partial charge >= 0.3 is 0 Å². The predicted molar refractivity (Wildman–Crippen MR) is 73.0 cm³/mol. The van der Waals surface area contributed by atoms with E-state index in [0.29, 0.717) is 13.2 Å². The fourth-order valence-corrected chi connectivity index (χ4v) is 2.09. The molecule has 1 aromatic carbocycles. The van der Waals surface area contributed by atoms with E-state index in [-0.39, 0.29) is 12.3 Å². The van der Waals surface area contributed by atoms with Gasteiger partial charge < -0.3 is 9.47 Å². The minimum atomic E-state index is -0.369. The molecule has 0 aliphatic rings. The Bertz CT molecular complexity index is 343. The van der Waals surface area contributed by atoms with Crippen molar-refractivity contribution in [2.45, 2.75) is 40.0 Å². The third kappa shape index (κ3) is 4.07. The zero-order valence-electron chi connectivity index (χ0n) is 11.7. The first kappa shape index (κ1) is 15.1. The SMILES string of the molecule is CCOC(OCC)C(NN)c1cc(C)cc(C)c1. The monoisotopic (exact) mass is 252 g/mol. The van der Waals surface area contributed by atoms with Gasteiger partial charge in [0, 0.05) is 13.2 Å². The quantitative estimate of drug-likeness (QED) is 0.444. The van der Waals surface area contributed by atoms with E-state index in [4.69, 9.17) is 15.3 Å². The summed E-state index contributed by atoms with van der Waals surface area (Å²) < 4.78 is 11.2. The smallest absolute Gasteiger partial charge is 0.178 e. The molecule has 3 N–H and O–H groups in total. The van der Waals surface area contributed by atoms with Crippen molar-refractivity contribution >= 4 is 0 Å². The van der Waals surface area contributed by atoms with Crippen molar-refractivity contribution in [3.05, 3.63) is 34.9 Å². The molecule has 18 heavy (non-hydrogen) atoms. The number of ether oxygens (including phenoxy) is 2. The summed E-state index contributed by atoms with van der Waals surface area (Å²) in [5, 5.41) is 0. The van der Waals surface area contributed by atoms with Gasteiger partial charge in [0.2, 0.25) is 0 Å². The van der Waals surface area contributed by atoms with Crippen molar-refractivity contribution in [1.29, 1.82) is 0 Å². The molecule has 102 valence electrons. The fourth-order valence-electron chi connectivity index (χ4n) is 2.09. The molecule has 0 amide bonds. The largest absolute Gasteiger partial charge is 0.351 e. The maximum atomic E-state index is 5.66. The average Bonchev–Trinajstić information content (AvgIpc) is 2.29. The number of rotatable bonds is 7. The second kappa shape index (κ2) is 7.48. The van der Waals surface area contributed by atoms with Crippen LogP contribution in [0.2, 0.25) is 0 Å². The van der Waals surface area contributed by atoms with E-state index in [1.807, 2.05) is 13.8 Å². The van der Waals surface area contributed by atoms with E-state index in [2.05, 4.69) is 37.5 Å². The van der Waals surface area contributed by atoms with Crippen LogP contribution in [0.15, 0.2) is 18.2 Å². The van der Waals surface area contributed by atoms with Crippen molar-refractivity contribution in [2.75, 3.05) is 13.2 Å². The van der Waals surface area contributed by atoms with Crippen molar-refractivity contribution in [3.63, 3.8) is 0 Å². The number of hydrazine groups is 1. The molecule has 0 bridgehead atoms. The van der Waals surface area contributed by atoms with Crippen LogP contribution >= 0.6 is 0 Å². The zero-order valence-corrected chi connectivity index (χ0v) is 11.7. The normalized spacial score (nSPS) is 13.0. The van der Waals surface area contributed by atoms with Gasteiger partial charge in [0.1, 0.15) is 0 Å². The molecular formula is C14H24N2O2. The van der Waals surface area contributed by atoms with Gasteiger partial charge in [-0.1, -0.05) is 29.3 Å². The standard InChI is InChI=1S/C14H24N2O2/c1-5-17-14(18-6-2)13(16-15)12-8-10(3)7-11(4)9-12/h7-9,13-14,16H,5-6,15H2,1-4H3. The first-order valence-electron chi connectivity index (χ1n) is 6.39. The maximum absolute atomic E-state index is 5.66. The lowest BCUT2D eigenvalue weighted by Gasteiger charge is -2.27. The molecule has 1 unspecified atom stereocenters. The van der Waals surface area contributed by atoms with Crippen molar-refractivity contribution < 1.29 is 9.47 Å². The molecule has 1 aromatic rings. The van der Waals surface area contributed by atoms with E-state index in [1.54, 1.807) is 0 Å². The van der Waals surface area contributed by atoms with E-state index in [9.17, 15) is 0 Å². The molecule has 0 spiro atoms. The zero-order chi connectivity index (χ0) is 13.5. The van der Waals surface area contributed by atoms with Gasteiger partial charge in [-0.3, -0.25) is 5.84 Å². The molecule has 4 nitrogen and oxygen atoms in total. The molecule has 0 aromatic heterocycles. The third-order valence-corrected chi connectivity index (χ3v) is 2.72. The van der Waals surface area contributed by atoms with E-state index < -0.39 is 0 Å². The molecule has 0 aliphatic carbocycles. The molecule has 0 saturated heterocycles. The molecule has 0 saturated carbocycles.